The van der Waals surface area contributed by atoms with E-state index < -0.39 is 11.7 Å². The molecule has 0 amide bonds. The van der Waals surface area contributed by atoms with Gasteiger partial charge in [-0.3, -0.25) is 0 Å². The van der Waals surface area contributed by atoms with Crippen LogP contribution in [0.1, 0.15) is 16.7 Å². The fraction of sp³-hybridized carbons (Fsp3) is 0.269. The molecule has 3 rings (SSSR count). The number of hydrogen-bond donors (Lipinski definition) is 0. The molecule has 0 bridgehead atoms. The van der Waals surface area contributed by atoms with Crippen molar-refractivity contribution >= 4 is 17.9 Å². The summed E-state index contributed by atoms with van der Waals surface area (Å²) < 4.78 is 55.4. The van der Waals surface area contributed by atoms with Gasteiger partial charge in [0.1, 0.15) is 24.2 Å². The Kier molecular flexibility index (Phi) is 11.4. The fourth-order valence-electron chi connectivity index (χ4n) is 2.99. The van der Waals surface area contributed by atoms with E-state index in [-0.39, 0.29) is 18.9 Å². The summed E-state index contributed by atoms with van der Waals surface area (Å²) >= 11 is 1.63. The number of benzene rings is 3. The van der Waals surface area contributed by atoms with Crippen molar-refractivity contribution < 1.29 is 37.0 Å². The number of rotatable bonds is 10. The summed E-state index contributed by atoms with van der Waals surface area (Å²) in [5.74, 6) is 1.83. The summed E-state index contributed by atoms with van der Waals surface area (Å²) in [5.41, 5.74) is 1.38. The van der Waals surface area contributed by atoms with Gasteiger partial charge in [0, 0.05) is 10.6 Å². The van der Waals surface area contributed by atoms with Crippen molar-refractivity contribution in [3.05, 3.63) is 89.5 Å². The van der Waals surface area contributed by atoms with Gasteiger partial charge in [-0.1, -0.05) is 30.3 Å². The van der Waals surface area contributed by atoms with E-state index >= 15 is 0 Å². The number of carbonyl (C=O) groups excluding carboxylic acids is 2. The van der Waals surface area contributed by atoms with Crippen molar-refractivity contribution in [2.24, 2.45) is 0 Å². The summed E-state index contributed by atoms with van der Waals surface area (Å²) in [5, 5.41) is 0. The van der Waals surface area contributed by atoms with E-state index in [0.717, 1.165) is 33.9 Å². The Labute approximate surface area is 206 Å². The highest BCUT2D eigenvalue weighted by atomic mass is 32.2. The highest BCUT2D eigenvalue weighted by Crippen LogP contribution is 2.30. The molecule has 0 aliphatic carbocycles. The van der Waals surface area contributed by atoms with Crippen LogP contribution in [-0.2, 0) is 27.1 Å². The number of thioether (sulfide) groups is 1. The molecule has 0 N–H and O–H groups in total. The van der Waals surface area contributed by atoms with Crippen molar-refractivity contribution in [2.45, 2.75) is 30.7 Å². The van der Waals surface area contributed by atoms with Crippen LogP contribution < -0.4 is 9.47 Å². The molecule has 1 unspecified atom stereocenters. The van der Waals surface area contributed by atoms with Gasteiger partial charge in [0.2, 0.25) is 0 Å². The third-order valence-electron chi connectivity index (χ3n) is 4.75. The van der Waals surface area contributed by atoms with E-state index in [9.17, 15) is 13.2 Å². The molecule has 3 aromatic rings. The minimum absolute atomic E-state index is 0.223. The van der Waals surface area contributed by atoms with Gasteiger partial charge in [-0.25, -0.2) is 0 Å². The molecule has 0 aliphatic rings. The van der Waals surface area contributed by atoms with Gasteiger partial charge in [0.05, 0.1) is 19.3 Å². The van der Waals surface area contributed by atoms with Gasteiger partial charge in [0.25, 0.3) is 0 Å². The van der Waals surface area contributed by atoms with Crippen LogP contribution in [0.4, 0.5) is 13.2 Å². The zero-order chi connectivity index (χ0) is 25.7. The van der Waals surface area contributed by atoms with Crippen LogP contribution in [0.5, 0.6) is 11.5 Å². The van der Waals surface area contributed by atoms with Crippen LogP contribution in [0.2, 0.25) is 0 Å². The predicted octanol–water partition coefficient (Wildman–Crippen LogP) is 6.20. The first-order valence-corrected chi connectivity index (χ1v) is 11.5. The number of ether oxygens (including phenoxy) is 3. The normalized spacial score (nSPS) is 11.6. The summed E-state index contributed by atoms with van der Waals surface area (Å²) in [7, 11) is 1.64. The van der Waals surface area contributed by atoms with E-state index in [4.69, 9.17) is 23.8 Å². The van der Waals surface area contributed by atoms with Crippen molar-refractivity contribution in [2.75, 3.05) is 19.5 Å². The molecule has 0 heterocycles. The van der Waals surface area contributed by atoms with Crippen molar-refractivity contribution in [3.8, 4) is 11.5 Å². The van der Waals surface area contributed by atoms with Crippen LogP contribution in [0.25, 0.3) is 0 Å². The van der Waals surface area contributed by atoms with Gasteiger partial charge in [-0.05, 0) is 60.5 Å². The Hall–Kier alpha value is -3.26. The number of methoxy groups -OCH3 is 1. The smallest absolute Gasteiger partial charge is 0.416 e. The van der Waals surface area contributed by atoms with Crippen LogP contribution >= 0.6 is 11.8 Å². The SMILES string of the molecule is COc1ccc(SCC(COc2ccc(C(F)(F)F)cc2)OCc2ccccc2)cc1C.O=C=O. The minimum Gasteiger partial charge on any atom is -0.496 e. The first kappa shape index (κ1) is 28.0. The standard InChI is InChI=1S/C25H25F3O3S.CO2/c1-18-14-23(12-13-24(18)29-2)32-17-22(30-15-19-6-4-3-5-7-19)16-31-21-10-8-20(9-11-21)25(26,27)28;2-1-3/h3-14,22H,15-17H2,1-2H3;. The molecule has 0 saturated carbocycles. The van der Waals surface area contributed by atoms with Crippen molar-refractivity contribution in [1.82, 2.24) is 0 Å². The Morgan fingerprint density at radius 3 is 2.20 bits per heavy atom. The lowest BCUT2D eigenvalue weighted by Crippen LogP contribution is -2.24. The van der Waals surface area contributed by atoms with Gasteiger partial charge in [-0.15, -0.1) is 11.8 Å². The Balaban J connectivity index is 0.00000137. The van der Waals surface area contributed by atoms with Crippen LogP contribution in [0, 0.1) is 6.92 Å². The van der Waals surface area contributed by atoms with Gasteiger partial charge in [0.15, 0.2) is 0 Å². The summed E-state index contributed by atoms with van der Waals surface area (Å²) in [4.78, 5) is 17.3. The highest BCUT2D eigenvalue weighted by Gasteiger charge is 2.30. The molecule has 0 aromatic heterocycles. The number of hydrogen-bond acceptors (Lipinski definition) is 6. The second kappa shape index (κ2) is 14.2. The minimum atomic E-state index is -4.37. The van der Waals surface area contributed by atoms with E-state index in [2.05, 4.69) is 6.07 Å². The molecular formula is C26H25F3O5S. The van der Waals surface area contributed by atoms with E-state index in [0.29, 0.717) is 18.1 Å². The topological polar surface area (TPSA) is 61.8 Å². The van der Waals surface area contributed by atoms with Crippen molar-refractivity contribution in [1.29, 1.82) is 0 Å². The van der Waals surface area contributed by atoms with Gasteiger partial charge < -0.3 is 14.2 Å². The van der Waals surface area contributed by atoms with Gasteiger partial charge in [-0.2, -0.15) is 22.8 Å². The highest BCUT2D eigenvalue weighted by molar-refractivity contribution is 7.99. The fourth-order valence-corrected chi connectivity index (χ4v) is 3.99. The molecule has 5 nitrogen and oxygen atoms in total. The first-order valence-electron chi connectivity index (χ1n) is 10.5. The maximum absolute atomic E-state index is 12.8. The number of halogens is 3. The summed E-state index contributed by atoms with van der Waals surface area (Å²) in [6.07, 6.45) is -4.38. The molecule has 3 aromatic carbocycles. The zero-order valence-corrected chi connectivity index (χ0v) is 20.0. The Morgan fingerprint density at radius 2 is 1.63 bits per heavy atom. The predicted molar refractivity (Wildman–Crippen MR) is 125 cm³/mol. The van der Waals surface area contributed by atoms with Crippen LogP contribution in [0.15, 0.2) is 77.7 Å². The summed E-state index contributed by atoms with van der Waals surface area (Å²) in [6, 6.07) is 20.5. The lowest BCUT2D eigenvalue weighted by molar-refractivity contribution is -0.191. The third kappa shape index (κ3) is 9.86. The summed E-state index contributed by atoms with van der Waals surface area (Å²) in [6.45, 7) is 2.63. The molecule has 0 radical (unpaired) electrons. The average molecular weight is 507 g/mol. The lowest BCUT2D eigenvalue weighted by Gasteiger charge is -2.19. The maximum Gasteiger partial charge on any atom is 0.416 e. The largest absolute Gasteiger partial charge is 0.496 e. The first-order chi connectivity index (χ1) is 16.8. The number of alkyl halides is 3. The Morgan fingerprint density at radius 1 is 0.971 bits per heavy atom. The van der Waals surface area contributed by atoms with Crippen LogP contribution in [0.3, 0.4) is 0 Å². The molecule has 0 fully saturated rings. The quantitative estimate of drug-likeness (QED) is 0.305. The van der Waals surface area contributed by atoms with E-state index in [1.165, 1.54) is 12.1 Å². The Bertz CT molecular complexity index is 1070. The molecule has 186 valence electrons. The second-order valence-corrected chi connectivity index (χ2v) is 8.37. The second-order valence-electron chi connectivity index (χ2n) is 7.28. The van der Waals surface area contributed by atoms with Crippen LogP contribution in [-0.4, -0.2) is 31.7 Å². The van der Waals surface area contributed by atoms with Crippen molar-refractivity contribution in [3.63, 3.8) is 0 Å². The van der Waals surface area contributed by atoms with E-state index in [1.807, 2.05) is 49.4 Å². The third-order valence-corrected chi connectivity index (χ3v) is 5.87. The molecule has 1 atom stereocenters. The van der Waals surface area contributed by atoms with E-state index in [1.54, 1.807) is 18.9 Å². The average Bonchev–Trinajstić information content (AvgIpc) is 2.84. The molecule has 9 heteroatoms. The molecule has 0 aliphatic heterocycles. The molecule has 0 spiro atoms. The molecule has 35 heavy (non-hydrogen) atoms. The number of aryl methyl sites for hydroxylation is 1. The zero-order valence-electron chi connectivity index (χ0n) is 19.2. The maximum atomic E-state index is 12.8. The molecular weight excluding hydrogens is 481 g/mol. The lowest BCUT2D eigenvalue weighted by atomic mass is 10.2. The molecule has 0 saturated heterocycles. The van der Waals surface area contributed by atoms with Gasteiger partial charge >= 0.3 is 12.3 Å². The monoisotopic (exact) mass is 506 g/mol.